The van der Waals surface area contributed by atoms with Gasteiger partial charge in [-0.1, -0.05) is 66.0 Å². The smallest absolute Gasteiger partial charge is 0.264 e. The van der Waals surface area contributed by atoms with Crippen LogP contribution in [0.5, 0.6) is 0 Å². The molecule has 11 heteroatoms. The van der Waals surface area contributed by atoms with Gasteiger partial charge in [0, 0.05) is 23.2 Å². The van der Waals surface area contributed by atoms with Gasteiger partial charge in [-0.3, -0.25) is 13.9 Å². The standard InChI is InChI=1S/C29H32Cl2FN3O4S/c1-5-20(3)33-29(37)21(4)34(17-22-8-6-7-9-26(22)32)28(36)18-35(27-16-23(30)12-15-25(27)31)40(38,39)24-13-10-19(2)11-14-24/h6-16,20-21H,5,17-18H2,1-4H3,(H,33,37)/t20-,21+/m0/s1. The van der Waals surface area contributed by atoms with Crippen LogP contribution < -0.4 is 9.62 Å². The summed E-state index contributed by atoms with van der Waals surface area (Å²) in [5.41, 5.74) is 1.01. The largest absolute Gasteiger partial charge is 0.352 e. The Kier molecular flexibility index (Phi) is 10.6. The summed E-state index contributed by atoms with van der Waals surface area (Å²) < 4.78 is 43.3. The Labute approximate surface area is 244 Å². The Morgan fingerprint density at radius 1 is 1.00 bits per heavy atom. The molecule has 214 valence electrons. The van der Waals surface area contributed by atoms with E-state index in [-0.39, 0.29) is 38.8 Å². The average molecular weight is 609 g/mol. The van der Waals surface area contributed by atoms with Gasteiger partial charge in [-0.25, -0.2) is 12.8 Å². The second-order valence-corrected chi connectivity index (χ2v) is 12.2. The molecule has 3 rings (SSSR count). The van der Waals surface area contributed by atoms with Gasteiger partial charge >= 0.3 is 0 Å². The molecule has 0 fully saturated rings. The van der Waals surface area contributed by atoms with Crippen LogP contribution in [0.3, 0.4) is 0 Å². The van der Waals surface area contributed by atoms with Crippen LogP contribution >= 0.6 is 23.2 Å². The molecule has 3 aromatic carbocycles. The first-order chi connectivity index (χ1) is 18.8. The first kappa shape index (κ1) is 31.4. The van der Waals surface area contributed by atoms with Crippen molar-refractivity contribution in [1.82, 2.24) is 10.2 Å². The van der Waals surface area contributed by atoms with E-state index in [0.29, 0.717) is 6.42 Å². The molecular formula is C29H32Cl2FN3O4S. The number of nitrogens with zero attached hydrogens (tertiary/aromatic N) is 2. The second kappa shape index (κ2) is 13.5. The fourth-order valence-corrected chi connectivity index (χ4v) is 5.75. The number of hydrogen-bond donors (Lipinski definition) is 1. The Morgan fingerprint density at radius 3 is 2.27 bits per heavy atom. The molecule has 0 saturated carbocycles. The second-order valence-electron chi connectivity index (χ2n) is 9.53. The zero-order valence-electron chi connectivity index (χ0n) is 22.7. The predicted octanol–water partition coefficient (Wildman–Crippen LogP) is 5.97. The molecule has 0 aliphatic carbocycles. The molecular weight excluding hydrogens is 576 g/mol. The molecule has 0 aliphatic heterocycles. The van der Waals surface area contributed by atoms with E-state index < -0.39 is 40.2 Å². The molecule has 2 amide bonds. The average Bonchev–Trinajstić information content (AvgIpc) is 2.92. The van der Waals surface area contributed by atoms with Crippen molar-refractivity contribution in [3.63, 3.8) is 0 Å². The van der Waals surface area contributed by atoms with Gasteiger partial charge in [0.15, 0.2) is 0 Å². The summed E-state index contributed by atoms with van der Waals surface area (Å²) in [4.78, 5) is 28.1. The maximum absolute atomic E-state index is 14.6. The molecule has 0 aliphatic rings. The van der Waals surface area contributed by atoms with Gasteiger partial charge in [0.1, 0.15) is 18.4 Å². The Bertz CT molecular complexity index is 1470. The molecule has 0 saturated heterocycles. The van der Waals surface area contributed by atoms with Gasteiger partial charge in [0.05, 0.1) is 15.6 Å². The summed E-state index contributed by atoms with van der Waals surface area (Å²) in [7, 11) is -4.32. The summed E-state index contributed by atoms with van der Waals surface area (Å²) in [5, 5.41) is 3.09. The van der Waals surface area contributed by atoms with E-state index in [4.69, 9.17) is 23.2 Å². The highest BCUT2D eigenvalue weighted by Gasteiger charge is 2.34. The Morgan fingerprint density at radius 2 is 1.65 bits per heavy atom. The van der Waals surface area contributed by atoms with Crippen LogP contribution in [0.4, 0.5) is 10.1 Å². The van der Waals surface area contributed by atoms with Gasteiger partial charge < -0.3 is 10.2 Å². The molecule has 3 aromatic rings. The van der Waals surface area contributed by atoms with Crippen molar-refractivity contribution in [2.75, 3.05) is 10.8 Å². The minimum absolute atomic E-state index is 0.00866. The lowest BCUT2D eigenvalue weighted by atomic mass is 10.1. The third-order valence-electron chi connectivity index (χ3n) is 6.53. The van der Waals surface area contributed by atoms with Crippen molar-refractivity contribution >= 4 is 50.7 Å². The maximum atomic E-state index is 14.6. The van der Waals surface area contributed by atoms with Crippen LogP contribution in [0.25, 0.3) is 0 Å². The number of nitrogens with one attached hydrogen (secondary N) is 1. The van der Waals surface area contributed by atoms with E-state index in [1.165, 1.54) is 55.5 Å². The van der Waals surface area contributed by atoms with Crippen LogP contribution in [0, 0.1) is 12.7 Å². The normalized spacial score (nSPS) is 12.9. The topological polar surface area (TPSA) is 86.8 Å². The quantitative estimate of drug-likeness (QED) is 0.291. The maximum Gasteiger partial charge on any atom is 0.264 e. The molecule has 1 N–H and O–H groups in total. The third-order valence-corrected chi connectivity index (χ3v) is 8.86. The first-order valence-electron chi connectivity index (χ1n) is 12.7. The minimum Gasteiger partial charge on any atom is -0.352 e. The number of carbonyl (C=O) groups excluding carboxylic acids is 2. The van der Waals surface area contributed by atoms with Gasteiger partial charge in [-0.15, -0.1) is 0 Å². The molecule has 2 atom stereocenters. The zero-order chi connectivity index (χ0) is 29.6. The number of amides is 2. The van der Waals surface area contributed by atoms with Gasteiger partial charge in [0.25, 0.3) is 10.0 Å². The van der Waals surface area contributed by atoms with Crippen molar-refractivity contribution < 1.29 is 22.4 Å². The first-order valence-corrected chi connectivity index (χ1v) is 14.9. The van der Waals surface area contributed by atoms with E-state index >= 15 is 0 Å². The molecule has 40 heavy (non-hydrogen) atoms. The van der Waals surface area contributed by atoms with Gasteiger partial charge in [-0.2, -0.15) is 0 Å². The van der Waals surface area contributed by atoms with Crippen molar-refractivity contribution in [3.8, 4) is 0 Å². The fraction of sp³-hybridized carbons (Fsp3) is 0.310. The van der Waals surface area contributed by atoms with E-state index in [9.17, 15) is 22.4 Å². The Hall–Kier alpha value is -3.14. The lowest BCUT2D eigenvalue weighted by Gasteiger charge is -2.32. The summed E-state index contributed by atoms with van der Waals surface area (Å²) in [6.07, 6.45) is 0.662. The Balaban J connectivity index is 2.08. The SMILES string of the molecule is CC[C@H](C)NC(=O)[C@@H](C)N(Cc1ccccc1F)C(=O)CN(c1cc(Cl)ccc1Cl)S(=O)(=O)c1ccc(C)cc1. The lowest BCUT2D eigenvalue weighted by molar-refractivity contribution is -0.139. The predicted molar refractivity (Wildman–Crippen MR) is 156 cm³/mol. The number of benzene rings is 3. The molecule has 0 spiro atoms. The number of hydrogen-bond acceptors (Lipinski definition) is 4. The molecule has 0 unspecified atom stereocenters. The number of halogens is 3. The highest BCUT2D eigenvalue weighted by atomic mass is 35.5. The van der Waals surface area contributed by atoms with E-state index in [1.54, 1.807) is 18.2 Å². The zero-order valence-corrected chi connectivity index (χ0v) is 25.0. The lowest BCUT2D eigenvalue weighted by Crippen LogP contribution is -2.52. The monoisotopic (exact) mass is 607 g/mol. The molecule has 7 nitrogen and oxygen atoms in total. The van der Waals surface area contributed by atoms with Crippen LogP contribution in [0.15, 0.2) is 71.6 Å². The van der Waals surface area contributed by atoms with Crippen LogP contribution in [-0.2, 0) is 26.2 Å². The van der Waals surface area contributed by atoms with E-state index in [1.807, 2.05) is 20.8 Å². The summed E-state index contributed by atoms with van der Waals surface area (Å²) in [5.74, 6) is -1.74. The number of rotatable bonds is 11. The minimum atomic E-state index is -4.32. The van der Waals surface area contributed by atoms with Crippen molar-refractivity contribution in [1.29, 1.82) is 0 Å². The van der Waals surface area contributed by atoms with E-state index in [0.717, 1.165) is 14.8 Å². The number of carbonyl (C=O) groups is 2. The van der Waals surface area contributed by atoms with Crippen LogP contribution in [0.1, 0.15) is 38.3 Å². The molecule has 0 bridgehead atoms. The summed E-state index contributed by atoms with van der Waals surface area (Å²) in [6.45, 7) is 6.08. The molecule has 0 aromatic heterocycles. The van der Waals surface area contributed by atoms with Gasteiger partial charge in [0.2, 0.25) is 11.8 Å². The number of aryl methyl sites for hydroxylation is 1. The molecule has 0 radical (unpaired) electrons. The summed E-state index contributed by atoms with van der Waals surface area (Å²) in [6, 6.07) is 15.1. The van der Waals surface area contributed by atoms with Crippen molar-refractivity contribution in [2.45, 2.75) is 57.6 Å². The highest BCUT2D eigenvalue weighted by molar-refractivity contribution is 7.92. The highest BCUT2D eigenvalue weighted by Crippen LogP contribution is 2.33. The van der Waals surface area contributed by atoms with Crippen LogP contribution in [-0.4, -0.2) is 43.8 Å². The fourth-order valence-electron chi connectivity index (χ4n) is 3.89. The van der Waals surface area contributed by atoms with Crippen molar-refractivity contribution in [3.05, 3.63) is 93.7 Å². The molecule has 0 heterocycles. The number of anilines is 1. The third kappa shape index (κ3) is 7.53. The summed E-state index contributed by atoms with van der Waals surface area (Å²) >= 11 is 12.6. The number of sulfonamides is 1. The van der Waals surface area contributed by atoms with Crippen molar-refractivity contribution in [2.24, 2.45) is 0 Å². The van der Waals surface area contributed by atoms with Crippen LogP contribution in [0.2, 0.25) is 10.0 Å². The van der Waals surface area contributed by atoms with Gasteiger partial charge in [-0.05, 0) is 63.6 Å². The van der Waals surface area contributed by atoms with E-state index in [2.05, 4.69) is 5.32 Å².